The minimum absolute atomic E-state index is 0.177. The Morgan fingerprint density at radius 1 is 1.73 bits per heavy atom. The Morgan fingerprint density at radius 2 is 2.36 bits per heavy atom. The average molecular weight is 158 g/mol. The van der Waals surface area contributed by atoms with E-state index in [9.17, 15) is 10.1 Å². The molecule has 4 heteroatoms. The number of rotatable bonds is 2. The molecule has 0 aromatic heterocycles. The molecule has 0 bridgehead atoms. The summed E-state index contributed by atoms with van der Waals surface area (Å²) in [6.45, 7) is 3.58. The second kappa shape index (κ2) is 3.17. The van der Waals surface area contributed by atoms with Crippen LogP contribution in [0.2, 0.25) is 0 Å². The van der Waals surface area contributed by atoms with Gasteiger partial charge >= 0.3 is 0 Å². The van der Waals surface area contributed by atoms with E-state index in [-0.39, 0.29) is 16.9 Å². The summed E-state index contributed by atoms with van der Waals surface area (Å²) in [4.78, 5) is 12.3. The van der Waals surface area contributed by atoms with Gasteiger partial charge in [0.2, 0.25) is 6.04 Å². The van der Waals surface area contributed by atoms with Gasteiger partial charge in [0.25, 0.3) is 0 Å². The van der Waals surface area contributed by atoms with Crippen LogP contribution in [0, 0.1) is 16.0 Å². The predicted octanol–water partition coefficient (Wildman–Crippen LogP) is 0.603. The van der Waals surface area contributed by atoms with Gasteiger partial charge in [-0.3, -0.25) is 10.1 Å². The number of likely N-dealkylation sites (tertiary alicyclic amines) is 1. The van der Waals surface area contributed by atoms with Crippen molar-refractivity contribution in [1.29, 1.82) is 0 Å². The van der Waals surface area contributed by atoms with Crippen LogP contribution in [0.4, 0.5) is 0 Å². The van der Waals surface area contributed by atoms with E-state index in [1.54, 1.807) is 6.92 Å². The molecule has 0 aliphatic carbocycles. The van der Waals surface area contributed by atoms with Crippen molar-refractivity contribution >= 4 is 0 Å². The van der Waals surface area contributed by atoms with Crippen LogP contribution in [0.3, 0.4) is 0 Å². The lowest BCUT2D eigenvalue weighted by atomic mass is 10.0. The predicted molar refractivity (Wildman–Crippen MR) is 42.1 cm³/mol. The summed E-state index contributed by atoms with van der Waals surface area (Å²) in [6, 6.07) is -0.375. The van der Waals surface area contributed by atoms with Crippen LogP contribution < -0.4 is 0 Å². The van der Waals surface area contributed by atoms with Crippen LogP contribution >= 0.6 is 0 Å². The van der Waals surface area contributed by atoms with Crippen LogP contribution in [0.1, 0.15) is 13.3 Å². The average Bonchev–Trinajstić information content (AvgIpc) is 2.34. The first-order chi connectivity index (χ1) is 5.11. The quantitative estimate of drug-likeness (QED) is 0.437. The number of hydrogen-bond donors (Lipinski definition) is 0. The van der Waals surface area contributed by atoms with Crippen LogP contribution in [-0.4, -0.2) is 36.0 Å². The fourth-order valence-electron chi connectivity index (χ4n) is 1.53. The lowest BCUT2D eigenvalue weighted by Gasteiger charge is -2.11. The van der Waals surface area contributed by atoms with E-state index in [2.05, 4.69) is 4.90 Å². The smallest absolute Gasteiger partial charge is 0.214 e. The molecular formula is C7H14N2O2. The minimum Gasteiger partial charge on any atom is -0.306 e. The summed E-state index contributed by atoms with van der Waals surface area (Å²) in [6.07, 6.45) is 0.971. The SMILES string of the molecule is CC(C1CCN(C)C1)[N+](=O)[O-]. The highest BCUT2D eigenvalue weighted by molar-refractivity contribution is 4.76. The van der Waals surface area contributed by atoms with E-state index in [0.29, 0.717) is 0 Å². The molecule has 2 atom stereocenters. The Kier molecular flexibility index (Phi) is 2.44. The van der Waals surface area contributed by atoms with Gasteiger partial charge in [0.15, 0.2) is 0 Å². The zero-order chi connectivity index (χ0) is 8.43. The standard InChI is InChI=1S/C7H14N2O2/c1-6(9(10)11)7-3-4-8(2)5-7/h6-7H,3-5H2,1-2H3. The van der Waals surface area contributed by atoms with E-state index in [1.165, 1.54) is 0 Å². The molecule has 0 amide bonds. The molecular weight excluding hydrogens is 144 g/mol. The summed E-state index contributed by atoms with van der Waals surface area (Å²) >= 11 is 0. The van der Waals surface area contributed by atoms with Crippen molar-refractivity contribution in [1.82, 2.24) is 4.90 Å². The summed E-state index contributed by atoms with van der Waals surface area (Å²) < 4.78 is 0. The van der Waals surface area contributed by atoms with Crippen LogP contribution in [0.5, 0.6) is 0 Å². The third kappa shape index (κ3) is 1.89. The van der Waals surface area contributed by atoms with Crippen molar-refractivity contribution in [2.75, 3.05) is 20.1 Å². The van der Waals surface area contributed by atoms with Gasteiger partial charge in [-0.25, -0.2) is 0 Å². The topological polar surface area (TPSA) is 46.4 Å². The van der Waals surface area contributed by atoms with Gasteiger partial charge in [-0.05, 0) is 20.0 Å². The Hall–Kier alpha value is -0.640. The molecule has 1 fully saturated rings. The van der Waals surface area contributed by atoms with Gasteiger partial charge in [0.05, 0.1) is 0 Å². The van der Waals surface area contributed by atoms with Crippen molar-refractivity contribution in [3.8, 4) is 0 Å². The van der Waals surface area contributed by atoms with Crippen molar-refractivity contribution in [3.63, 3.8) is 0 Å². The maximum absolute atomic E-state index is 10.4. The molecule has 0 radical (unpaired) electrons. The summed E-state index contributed by atoms with van der Waals surface area (Å²) in [5.41, 5.74) is 0. The first kappa shape index (κ1) is 8.46. The van der Waals surface area contributed by atoms with Crippen molar-refractivity contribution in [3.05, 3.63) is 10.1 Å². The van der Waals surface area contributed by atoms with E-state index in [0.717, 1.165) is 19.5 Å². The molecule has 0 aromatic carbocycles. The normalized spacial score (nSPS) is 28.7. The molecule has 0 aromatic rings. The maximum Gasteiger partial charge on any atom is 0.214 e. The van der Waals surface area contributed by atoms with Crippen molar-refractivity contribution in [2.24, 2.45) is 5.92 Å². The van der Waals surface area contributed by atoms with Crippen LogP contribution in [-0.2, 0) is 0 Å². The molecule has 0 spiro atoms. The molecule has 64 valence electrons. The van der Waals surface area contributed by atoms with E-state index in [1.807, 2.05) is 7.05 Å². The molecule has 1 rings (SSSR count). The molecule has 2 unspecified atom stereocenters. The maximum atomic E-state index is 10.4. The molecule has 0 saturated carbocycles. The van der Waals surface area contributed by atoms with Crippen LogP contribution in [0.15, 0.2) is 0 Å². The number of nitro groups is 1. The third-order valence-electron chi connectivity index (χ3n) is 2.44. The lowest BCUT2D eigenvalue weighted by molar-refractivity contribution is -0.526. The van der Waals surface area contributed by atoms with E-state index < -0.39 is 0 Å². The highest BCUT2D eigenvalue weighted by Crippen LogP contribution is 2.19. The largest absolute Gasteiger partial charge is 0.306 e. The van der Waals surface area contributed by atoms with Gasteiger partial charge in [-0.1, -0.05) is 0 Å². The van der Waals surface area contributed by atoms with Gasteiger partial charge in [-0.15, -0.1) is 0 Å². The number of nitrogens with zero attached hydrogens (tertiary/aromatic N) is 2. The molecule has 4 nitrogen and oxygen atoms in total. The Morgan fingerprint density at radius 3 is 2.73 bits per heavy atom. The van der Waals surface area contributed by atoms with Crippen molar-refractivity contribution in [2.45, 2.75) is 19.4 Å². The minimum atomic E-state index is -0.375. The van der Waals surface area contributed by atoms with E-state index in [4.69, 9.17) is 0 Å². The first-order valence-corrected chi connectivity index (χ1v) is 3.93. The molecule has 11 heavy (non-hydrogen) atoms. The van der Waals surface area contributed by atoms with Gasteiger partial charge < -0.3 is 4.90 Å². The Balaban J connectivity index is 2.43. The molecule has 1 saturated heterocycles. The summed E-state index contributed by atoms with van der Waals surface area (Å²) in [5, 5.41) is 10.4. The molecule has 0 N–H and O–H groups in total. The highest BCUT2D eigenvalue weighted by atomic mass is 16.6. The first-order valence-electron chi connectivity index (χ1n) is 3.93. The highest BCUT2D eigenvalue weighted by Gasteiger charge is 2.31. The van der Waals surface area contributed by atoms with E-state index >= 15 is 0 Å². The lowest BCUT2D eigenvalue weighted by Crippen LogP contribution is -2.27. The zero-order valence-electron chi connectivity index (χ0n) is 6.99. The number of hydrogen-bond acceptors (Lipinski definition) is 3. The molecule has 1 aliphatic rings. The fraction of sp³-hybridized carbons (Fsp3) is 1.00. The Bertz CT molecular complexity index is 161. The van der Waals surface area contributed by atoms with Gasteiger partial charge in [0, 0.05) is 24.3 Å². The van der Waals surface area contributed by atoms with Crippen LogP contribution in [0.25, 0.3) is 0 Å². The molecule has 1 heterocycles. The monoisotopic (exact) mass is 158 g/mol. The summed E-state index contributed by atoms with van der Waals surface area (Å²) in [7, 11) is 2.01. The zero-order valence-corrected chi connectivity index (χ0v) is 6.99. The second-order valence-electron chi connectivity index (χ2n) is 3.34. The second-order valence-corrected chi connectivity index (χ2v) is 3.34. The third-order valence-corrected chi connectivity index (χ3v) is 2.44. The van der Waals surface area contributed by atoms with Crippen molar-refractivity contribution < 1.29 is 4.92 Å². The molecule has 1 aliphatic heterocycles. The van der Waals surface area contributed by atoms with Gasteiger partial charge in [-0.2, -0.15) is 0 Å². The Labute approximate surface area is 66.3 Å². The van der Waals surface area contributed by atoms with Gasteiger partial charge in [0.1, 0.15) is 0 Å². The fourth-order valence-corrected chi connectivity index (χ4v) is 1.53. The summed E-state index contributed by atoms with van der Waals surface area (Å²) in [5.74, 6) is 0.259.